The van der Waals surface area contributed by atoms with Crippen molar-refractivity contribution >= 4 is 11.0 Å². The van der Waals surface area contributed by atoms with Crippen molar-refractivity contribution in [3.63, 3.8) is 0 Å². The van der Waals surface area contributed by atoms with E-state index in [2.05, 4.69) is 0 Å². The lowest BCUT2D eigenvalue weighted by Gasteiger charge is -2.14. The summed E-state index contributed by atoms with van der Waals surface area (Å²) in [6.45, 7) is 2.47. The van der Waals surface area contributed by atoms with Crippen LogP contribution in [0.25, 0.3) is 11.0 Å². The largest absolute Gasteiger partial charge is 0.494 e. The van der Waals surface area contributed by atoms with E-state index in [9.17, 15) is 4.39 Å². The fourth-order valence-electron chi connectivity index (χ4n) is 2.38. The molecule has 0 radical (unpaired) electrons. The van der Waals surface area contributed by atoms with Gasteiger partial charge in [0.1, 0.15) is 11.5 Å². The lowest BCUT2D eigenvalue weighted by atomic mass is 10.0. The average Bonchev–Trinajstić information content (AvgIpc) is 2.93. The molecule has 4 heteroatoms. The first-order chi connectivity index (χ1) is 10.2. The van der Waals surface area contributed by atoms with Crippen molar-refractivity contribution < 1.29 is 13.5 Å². The molecule has 1 heterocycles. The van der Waals surface area contributed by atoms with Crippen LogP contribution in [0.5, 0.6) is 5.75 Å². The molecule has 1 atom stereocenters. The lowest BCUT2D eigenvalue weighted by Crippen LogP contribution is -2.12. The van der Waals surface area contributed by atoms with Crippen molar-refractivity contribution in [2.45, 2.75) is 13.0 Å². The number of para-hydroxylation sites is 2. The molecule has 3 aromatic rings. The summed E-state index contributed by atoms with van der Waals surface area (Å²) in [5.74, 6) is 0.847. The number of hydrogen-bond donors (Lipinski definition) is 1. The van der Waals surface area contributed by atoms with Gasteiger partial charge in [-0.25, -0.2) is 4.39 Å². The quantitative estimate of drug-likeness (QED) is 0.787. The maximum atomic E-state index is 13.7. The van der Waals surface area contributed by atoms with Gasteiger partial charge in [-0.3, -0.25) is 0 Å². The first-order valence-electron chi connectivity index (χ1n) is 6.86. The van der Waals surface area contributed by atoms with Crippen LogP contribution in [0.15, 0.2) is 52.9 Å². The number of fused-ring (bicyclic) bond motifs is 1. The van der Waals surface area contributed by atoms with Gasteiger partial charge in [0, 0.05) is 10.9 Å². The van der Waals surface area contributed by atoms with Crippen LogP contribution in [0.1, 0.15) is 24.3 Å². The summed E-state index contributed by atoms with van der Waals surface area (Å²) in [5, 5.41) is 0.703. The van der Waals surface area contributed by atoms with E-state index in [1.165, 1.54) is 6.07 Å². The zero-order chi connectivity index (χ0) is 14.8. The SMILES string of the molecule is CCOc1ccccc1C(N)c1cc2cccc(F)c2o1. The highest BCUT2D eigenvalue weighted by Gasteiger charge is 2.19. The molecule has 1 unspecified atom stereocenters. The Morgan fingerprint density at radius 2 is 2.00 bits per heavy atom. The number of ether oxygens (including phenoxy) is 1. The molecule has 21 heavy (non-hydrogen) atoms. The van der Waals surface area contributed by atoms with Gasteiger partial charge in [0.05, 0.1) is 12.6 Å². The van der Waals surface area contributed by atoms with Gasteiger partial charge in [0.25, 0.3) is 0 Å². The van der Waals surface area contributed by atoms with E-state index in [1.54, 1.807) is 18.2 Å². The fraction of sp³-hybridized carbons (Fsp3) is 0.176. The van der Waals surface area contributed by atoms with Crippen molar-refractivity contribution in [3.8, 4) is 5.75 Å². The van der Waals surface area contributed by atoms with Gasteiger partial charge in [0.15, 0.2) is 11.4 Å². The summed E-state index contributed by atoms with van der Waals surface area (Å²) in [7, 11) is 0. The molecule has 0 amide bonds. The molecular formula is C17H16FNO2. The Labute approximate surface area is 122 Å². The second kappa shape index (κ2) is 5.58. The van der Waals surface area contributed by atoms with Crippen molar-refractivity contribution in [2.24, 2.45) is 5.73 Å². The van der Waals surface area contributed by atoms with Gasteiger partial charge in [-0.2, -0.15) is 0 Å². The molecule has 0 bridgehead atoms. The molecule has 0 saturated carbocycles. The molecule has 0 saturated heterocycles. The van der Waals surface area contributed by atoms with Crippen molar-refractivity contribution in [1.82, 2.24) is 0 Å². The normalized spacial score (nSPS) is 12.5. The first-order valence-corrected chi connectivity index (χ1v) is 6.86. The number of halogens is 1. The van der Waals surface area contributed by atoms with Crippen LogP contribution in [0, 0.1) is 5.82 Å². The molecule has 3 nitrogen and oxygen atoms in total. The maximum absolute atomic E-state index is 13.7. The molecule has 0 aliphatic heterocycles. The third-order valence-corrected chi connectivity index (χ3v) is 3.38. The monoisotopic (exact) mass is 285 g/mol. The van der Waals surface area contributed by atoms with Crippen LogP contribution in [-0.4, -0.2) is 6.61 Å². The number of hydrogen-bond acceptors (Lipinski definition) is 3. The molecule has 0 aliphatic carbocycles. The number of rotatable bonds is 4. The zero-order valence-electron chi connectivity index (χ0n) is 11.7. The van der Waals surface area contributed by atoms with E-state index >= 15 is 0 Å². The molecule has 3 rings (SSSR count). The highest BCUT2D eigenvalue weighted by molar-refractivity contribution is 5.78. The summed E-state index contributed by atoms with van der Waals surface area (Å²) in [5.41, 5.74) is 7.32. The highest BCUT2D eigenvalue weighted by Crippen LogP contribution is 2.32. The fourth-order valence-corrected chi connectivity index (χ4v) is 2.38. The van der Waals surface area contributed by atoms with Crippen LogP contribution in [0.3, 0.4) is 0 Å². The van der Waals surface area contributed by atoms with Crippen molar-refractivity contribution in [1.29, 1.82) is 0 Å². The second-order valence-corrected chi connectivity index (χ2v) is 4.76. The average molecular weight is 285 g/mol. The van der Waals surface area contributed by atoms with E-state index in [4.69, 9.17) is 14.9 Å². The molecule has 2 aromatic carbocycles. The molecule has 2 N–H and O–H groups in total. The van der Waals surface area contributed by atoms with Gasteiger partial charge in [0.2, 0.25) is 0 Å². The highest BCUT2D eigenvalue weighted by atomic mass is 19.1. The minimum absolute atomic E-state index is 0.233. The molecular weight excluding hydrogens is 269 g/mol. The second-order valence-electron chi connectivity index (χ2n) is 4.76. The zero-order valence-corrected chi connectivity index (χ0v) is 11.7. The van der Waals surface area contributed by atoms with E-state index in [0.717, 1.165) is 5.56 Å². The Morgan fingerprint density at radius 1 is 1.19 bits per heavy atom. The number of nitrogens with two attached hydrogens (primary N) is 1. The Bertz CT molecular complexity index is 766. The van der Waals surface area contributed by atoms with Crippen molar-refractivity contribution in [2.75, 3.05) is 6.61 Å². The molecule has 108 valence electrons. The third kappa shape index (κ3) is 2.50. The smallest absolute Gasteiger partial charge is 0.169 e. The Kier molecular flexibility index (Phi) is 3.62. The van der Waals surface area contributed by atoms with Gasteiger partial charge in [-0.1, -0.05) is 30.3 Å². The van der Waals surface area contributed by atoms with Crippen LogP contribution in [0.2, 0.25) is 0 Å². The maximum Gasteiger partial charge on any atom is 0.169 e. The van der Waals surface area contributed by atoms with Gasteiger partial charge in [-0.15, -0.1) is 0 Å². The topological polar surface area (TPSA) is 48.4 Å². The van der Waals surface area contributed by atoms with Crippen LogP contribution in [-0.2, 0) is 0 Å². The first kappa shape index (κ1) is 13.6. The summed E-state index contributed by atoms with van der Waals surface area (Å²) in [4.78, 5) is 0. The Balaban J connectivity index is 2.04. The Morgan fingerprint density at radius 3 is 2.76 bits per heavy atom. The standard InChI is InChI=1S/C17H16FNO2/c1-2-20-14-9-4-3-7-12(14)16(19)15-10-11-6-5-8-13(18)17(11)21-15/h3-10,16H,2,19H2,1H3. The summed E-state index contributed by atoms with van der Waals surface area (Å²) < 4.78 is 24.9. The summed E-state index contributed by atoms with van der Waals surface area (Å²) in [6.07, 6.45) is 0. The predicted molar refractivity (Wildman–Crippen MR) is 79.8 cm³/mol. The summed E-state index contributed by atoms with van der Waals surface area (Å²) in [6, 6.07) is 13.6. The summed E-state index contributed by atoms with van der Waals surface area (Å²) >= 11 is 0. The minimum Gasteiger partial charge on any atom is -0.494 e. The van der Waals surface area contributed by atoms with E-state index in [0.29, 0.717) is 23.5 Å². The van der Waals surface area contributed by atoms with Crippen molar-refractivity contribution in [3.05, 3.63) is 65.7 Å². The van der Waals surface area contributed by atoms with Gasteiger partial charge in [-0.05, 0) is 25.1 Å². The molecule has 0 fully saturated rings. The van der Waals surface area contributed by atoms with Crippen LogP contribution in [0.4, 0.5) is 4.39 Å². The number of furan rings is 1. The molecule has 0 spiro atoms. The number of benzene rings is 2. The lowest BCUT2D eigenvalue weighted by molar-refractivity contribution is 0.334. The van der Waals surface area contributed by atoms with Crippen LogP contribution < -0.4 is 10.5 Å². The predicted octanol–water partition coefficient (Wildman–Crippen LogP) is 4.02. The third-order valence-electron chi connectivity index (χ3n) is 3.38. The van der Waals surface area contributed by atoms with E-state index < -0.39 is 6.04 Å². The van der Waals surface area contributed by atoms with E-state index in [1.807, 2.05) is 31.2 Å². The minimum atomic E-state index is -0.500. The molecule has 1 aromatic heterocycles. The van der Waals surface area contributed by atoms with Gasteiger partial charge < -0.3 is 14.9 Å². The Hall–Kier alpha value is -2.33. The van der Waals surface area contributed by atoms with E-state index in [-0.39, 0.29) is 11.4 Å². The van der Waals surface area contributed by atoms with Gasteiger partial charge >= 0.3 is 0 Å². The van der Waals surface area contributed by atoms with Crippen LogP contribution >= 0.6 is 0 Å². The molecule has 0 aliphatic rings.